The summed E-state index contributed by atoms with van der Waals surface area (Å²) in [5, 5.41) is 28.6. The van der Waals surface area contributed by atoms with Gasteiger partial charge >= 0.3 is 0 Å². The van der Waals surface area contributed by atoms with Crippen LogP contribution in [0.1, 0.15) is 88.3 Å². The van der Waals surface area contributed by atoms with Gasteiger partial charge in [-0.2, -0.15) is 0 Å². The molecule has 1 aliphatic heterocycles. The van der Waals surface area contributed by atoms with Gasteiger partial charge in [0.05, 0.1) is 12.8 Å². The van der Waals surface area contributed by atoms with Crippen LogP contribution in [0, 0.1) is 5.92 Å². The van der Waals surface area contributed by atoms with Crippen LogP contribution in [0.4, 0.5) is 0 Å². The number of benzene rings is 3. The summed E-state index contributed by atoms with van der Waals surface area (Å²) in [5.74, 6) is -9.63. The Balaban J connectivity index is 1.58. The first-order valence-corrected chi connectivity index (χ1v) is 28.8. The summed E-state index contributed by atoms with van der Waals surface area (Å²) in [6.45, 7) is 3.41. The lowest BCUT2D eigenvalue weighted by Crippen LogP contribution is -2.61. The molecule has 1 fully saturated rings. The Morgan fingerprint density at radius 2 is 0.955 bits per heavy atom. The van der Waals surface area contributed by atoms with Crippen LogP contribution in [-0.2, 0) is 67.2 Å². The molecule has 24 N–H and O–H groups in total. The van der Waals surface area contributed by atoms with E-state index in [1.165, 1.54) is 17.0 Å². The van der Waals surface area contributed by atoms with Crippen LogP contribution >= 0.6 is 0 Å². The predicted octanol–water partition coefficient (Wildman–Crippen LogP) is -4.02. The molecule has 478 valence electrons. The number of guanidine groups is 3. The number of carbonyl (C=O) groups excluding carboxylic acids is 10. The maximum absolute atomic E-state index is 14.7. The Bertz CT molecular complexity index is 2940. The number of aromatic hydroxyl groups is 1. The summed E-state index contributed by atoms with van der Waals surface area (Å²) in [6, 6.07) is 12.6. The minimum Gasteiger partial charge on any atom is -0.508 e. The van der Waals surface area contributed by atoms with Gasteiger partial charge in [-0.1, -0.05) is 86.6 Å². The van der Waals surface area contributed by atoms with E-state index in [-0.39, 0.29) is 114 Å². The van der Waals surface area contributed by atoms with Crippen LogP contribution < -0.4 is 83.1 Å². The molecule has 30 nitrogen and oxygen atoms in total. The molecule has 0 saturated carbocycles. The smallest absolute Gasteiger partial charge is 0.245 e. The third-order valence-corrected chi connectivity index (χ3v) is 14.0. The number of primary amides is 2. The van der Waals surface area contributed by atoms with Gasteiger partial charge in [0, 0.05) is 39.0 Å². The molecular formula is C58H85N19O11. The highest BCUT2D eigenvalue weighted by atomic mass is 16.3. The molecule has 0 bridgehead atoms. The monoisotopic (exact) mass is 1220 g/mol. The molecule has 1 aliphatic rings. The Kier molecular flexibility index (Phi) is 28.9. The van der Waals surface area contributed by atoms with Gasteiger partial charge in [0.2, 0.25) is 59.1 Å². The van der Waals surface area contributed by atoms with Crippen molar-refractivity contribution in [2.75, 3.05) is 26.2 Å². The molecule has 4 rings (SSSR count). The van der Waals surface area contributed by atoms with Gasteiger partial charge in [0.15, 0.2) is 17.9 Å². The molecule has 30 heteroatoms. The highest BCUT2D eigenvalue weighted by Gasteiger charge is 2.41. The van der Waals surface area contributed by atoms with Crippen LogP contribution in [0.25, 0.3) is 0 Å². The summed E-state index contributed by atoms with van der Waals surface area (Å²) < 4.78 is 0. The summed E-state index contributed by atoms with van der Waals surface area (Å²) >= 11 is 0. The van der Waals surface area contributed by atoms with Crippen molar-refractivity contribution in [3.05, 3.63) is 102 Å². The molecule has 10 amide bonds. The van der Waals surface area contributed by atoms with Crippen molar-refractivity contribution in [3.8, 4) is 5.75 Å². The van der Waals surface area contributed by atoms with Crippen molar-refractivity contribution >= 4 is 77.0 Å². The van der Waals surface area contributed by atoms with E-state index in [0.717, 1.165) is 0 Å². The molecular weight excluding hydrogens is 1140 g/mol. The molecule has 3 aromatic rings. The lowest BCUT2D eigenvalue weighted by molar-refractivity contribution is -0.143. The molecule has 1 heterocycles. The van der Waals surface area contributed by atoms with Crippen LogP contribution in [0.3, 0.4) is 0 Å². The van der Waals surface area contributed by atoms with E-state index in [1.807, 2.05) is 0 Å². The zero-order chi connectivity index (χ0) is 64.9. The summed E-state index contributed by atoms with van der Waals surface area (Å²) in [4.78, 5) is 152. The highest BCUT2D eigenvalue weighted by molar-refractivity contribution is 5.99. The van der Waals surface area contributed by atoms with Gasteiger partial charge in [-0.05, 0) is 86.1 Å². The van der Waals surface area contributed by atoms with E-state index < -0.39 is 120 Å². The fourth-order valence-electron chi connectivity index (χ4n) is 9.53. The number of amides is 10. The molecule has 88 heavy (non-hydrogen) atoms. The Morgan fingerprint density at radius 1 is 0.511 bits per heavy atom. The van der Waals surface area contributed by atoms with Crippen molar-refractivity contribution in [1.29, 1.82) is 0 Å². The molecule has 8 atom stereocenters. The highest BCUT2D eigenvalue weighted by Crippen LogP contribution is 2.21. The first-order valence-electron chi connectivity index (χ1n) is 28.8. The number of phenols is 1. The molecule has 0 spiro atoms. The quantitative estimate of drug-likeness (QED) is 0.0150. The third-order valence-electron chi connectivity index (χ3n) is 14.0. The van der Waals surface area contributed by atoms with E-state index in [2.05, 4.69) is 52.2 Å². The molecule has 0 aromatic heterocycles. The number of hydrogen-bond donors (Lipinski definition) is 16. The standard InChI is InChI=1S/C58H85N19O11/c1-33(2)47(76-52(85)42(29-34-13-5-3-6-14-34)74-50(83)41(30-36-21-23-37(78)24-22-36)70-46(80)31-35-15-7-4-8-16-35)54(87)75-43(32-45(59)79)51(84)73-40(19-11-27-69-58(65)66)55(88)77-28-12-20-44(77)53(86)72-39(18-10-26-68-57(63)64)49(82)71-38(48(60)81)17-9-25-67-56(61)62/h3-8,13-16,21-24,33,38-44,47,78H,9-12,17-20,25-32H2,1-2H3,(H2,59,79)(H2,60,81)(H,70,80)(H,71,82)(H,72,86)(H,73,84)(H,74,83)(H,75,87)(H,76,85)(H4,61,62,67)(H4,63,64,68)(H4,65,66,69)/t38-,39-,40-,41+,42-,43-,44+,47-/m0/s1. The van der Waals surface area contributed by atoms with Crippen LogP contribution in [-0.4, -0.2) is 161 Å². The number of likely N-dealkylation sites (tertiary alicyclic amines) is 1. The first kappa shape index (κ1) is 70.5. The van der Waals surface area contributed by atoms with Crippen molar-refractivity contribution in [1.82, 2.24) is 42.1 Å². The lowest BCUT2D eigenvalue weighted by atomic mass is 9.99. The van der Waals surface area contributed by atoms with Gasteiger partial charge in [0.25, 0.3) is 0 Å². The fraction of sp³-hybridized carbons (Fsp3) is 0.466. The fourth-order valence-corrected chi connectivity index (χ4v) is 9.53. The van der Waals surface area contributed by atoms with E-state index >= 15 is 0 Å². The van der Waals surface area contributed by atoms with E-state index in [1.54, 1.807) is 86.6 Å². The molecule has 0 radical (unpaired) electrons. The number of nitrogens with one attached hydrogen (secondary N) is 7. The SMILES string of the molecule is CC(C)[C@H](NC(=O)[C@H](Cc1ccccc1)NC(=O)[C@@H](Cc1ccc(O)cc1)NC(=O)Cc1ccccc1)C(=O)N[C@@H](CC(N)=O)C(=O)N[C@@H](CCCN=C(N)N)C(=O)N1CCC[C@@H]1C(=O)N[C@@H](CCCN=C(N)N)C(=O)N[C@@H](CCCN=C(N)N)C(N)=O. The third kappa shape index (κ3) is 24.9. The average molecular weight is 1220 g/mol. The number of nitrogens with zero attached hydrogens (tertiary/aromatic N) is 4. The number of aliphatic imine (C=N–C) groups is 3. The van der Waals surface area contributed by atoms with Crippen LogP contribution in [0.2, 0.25) is 0 Å². The Hall–Kier alpha value is -10.0. The first-order chi connectivity index (χ1) is 41.8. The topological polar surface area (TPSA) is 524 Å². The Labute approximate surface area is 510 Å². The molecule has 3 aromatic carbocycles. The normalized spacial score (nSPS) is 15.0. The van der Waals surface area contributed by atoms with E-state index in [9.17, 15) is 53.1 Å². The van der Waals surface area contributed by atoms with Gasteiger partial charge in [0.1, 0.15) is 54.1 Å². The van der Waals surface area contributed by atoms with E-state index in [4.69, 9.17) is 45.9 Å². The van der Waals surface area contributed by atoms with Crippen molar-refractivity contribution in [3.63, 3.8) is 0 Å². The van der Waals surface area contributed by atoms with Gasteiger partial charge < -0.3 is 93.1 Å². The number of carbonyl (C=O) groups is 10. The summed E-state index contributed by atoms with van der Waals surface area (Å²) in [6.07, 6.45) is -0.132. The summed E-state index contributed by atoms with van der Waals surface area (Å²) in [7, 11) is 0. The van der Waals surface area contributed by atoms with Crippen molar-refractivity contribution in [2.24, 2.45) is 66.8 Å². The predicted molar refractivity (Wildman–Crippen MR) is 328 cm³/mol. The van der Waals surface area contributed by atoms with E-state index in [0.29, 0.717) is 23.1 Å². The molecule has 1 saturated heterocycles. The largest absolute Gasteiger partial charge is 0.508 e. The second-order valence-corrected chi connectivity index (χ2v) is 21.5. The van der Waals surface area contributed by atoms with Crippen molar-refractivity contribution in [2.45, 2.75) is 139 Å². The number of hydrogen-bond acceptors (Lipinski definition) is 14. The number of nitrogens with two attached hydrogens (primary N) is 8. The zero-order valence-electron chi connectivity index (χ0n) is 49.5. The maximum atomic E-state index is 14.7. The maximum Gasteiger partial charge on any atom is 0.245 e. The average Bonchev–Trinajstić information content (AvgIpc) is 4.17. The minimum atomic E-state index is -1.75. The van der Waals surface area contributed by atoms with Crippen molar-refractivity contribution < 1.29 is 53.1 Å². The second-order valence-electron chi connectivity index (χ2n) is 21.5. The Morgan fingerprint density at radius 3 is 1.48 bits per heavy atom. The molecule has 0 unspecified atom stereocenters. The lowest BCUT2D eigenvalue weighted by Gasteiger charge is -2.31. The van der Waals surface area contributed by atoms with Gasteiger partial charge in [-0.15, -0.1) is 0 Å². The molecule has 0 aliphatic carbocycles. The van der Waals surface area contributed by atoms with Crippen LogP contribution in [0.15, 0.2) is 99.9 Å². The zero-order valence-corrected chi connectivity index (χ0v) is 49.5. The van der Waals surface area contributed by atoms with Gasteiger partial charge in [-0.25, -0.2) is 0 Å². The van der Waals surface area contributed by atoms with Crippen LogP contribution in [0.5, 0.6) is 5.75 Å². The second kappa shape index (κ2) is 36.1. The van der Waals surface area contributed by atoms with Gasteiger partial charge in [-0.3, -0.25) is 62.9 Å². The minimum absolute atomic E-state index is 0.00592. The number of rotatable bonds is 36. The summed E-state index contributed by atoms with van der Waals surface area (Å²) in [5.41, 5.74) is 46.0. The number of phenolic OH excluding ortho intramolecular Hbond substituents is 1.